The summed E-state index contributed by atoms with van der Waals surface area (Å²) >= 11 is 6.37. The van der Waals surface area contributed by atoms with E-state index >= 15 is 0 Å². The molecule has 1 aliphatic rings. The first-order chi connectivity index (χ1) is 13.3. The molecule has 0 saturated heterocycles. The summed E-state index contributed by atoms with van der Waals surface area (Å²) in [5.74, 6) is -0.644. The molecule has 0 spiro atoms. The van der Waals surface area contributed by atoms with E-state index in [1.807, 2.05) is 6.07 Å². The Bertz CT molecular complexity index is 809. The van der Waals surface area contributed by atoms with Crippen LogP contribution in [0.1, 0.15) is 41.5 Å². The zero-order valence-electron chi connectivity index (χ0n) is 15.8. The Morgan fingerprint density at radius 2 is 1.64 bits per heavy atom. The van der Waals surface area contributed by atoms with Gasteiger partial charge in [-0.15, -0.1) is 0 Å². The summed E-state index contributed by atoms with van der Waals surface area (Å²) in [6.45, 7) is 1.39. The summed E-state index contributed by atoms with van der Waals surface area (Å²) in [5, 5.41) is 51.2. The molecule has 1 fully saturated rings. The lowest BCUT2D eigenvalue weighted by atomic mass is 9.70. The van der Waals surface area contributed by atoms with Gasteiger partial charge >= 0.3 is 0 Å². The van der Waals surface area contributed by atoms with Gasteiger partial charge in [0.1, 0.15) is 17.8 Å². The van der Waals surface area contributed by atoms with E-state index in [-0.39, 0.29) is 6.42 Å². The molecule has 3 rings (SSSR count). The Kier molecular flexibility index (Phi) is 6.44. The van der Waals surface area contributed by atoms with Gasteiger partial charge in [-0.25, -0.2) is 0 Å². The number of halogens is 1. The van der Waals surface area contributed by atoms with E-state index in [4.69, 9.17) is 11.6 Å². The molecule has 1 saturated carbocycles. The van der Waals surface area contributed by atoms with Gasteiger partial charge in [-0.05, 0) is 47.6 Å². The largest absolute Gasteiger partial charge is 0.393 e. The molecule has 5 unspecified atom stereocenters. The number of hydrogen-bond acceptors (Lipinski definition) is 5. The van der Waals surface area contributed by atoms with Crippen molar-refractivity contribution in [2.75, 3.05) is 6.61 Å². The first kappa shape index (κ1) is 21.2. The topological polar surface area (TPSA) is 101 Å². The smallest absolute Gasteiger partial charge is 0.117 e. The fraction of sp³-hybridized carbons (Fsp3) is 0.455. The molecule has 0 heterocycles. The number of aliphatic hydroxyl groups is 5. The molecule has 0 bridgehead atoms. The summed E-state index contributed by atoms with van der Waals surface area (Å²) in [5.41, 5.74) is 2.03. The summed E-state index contributed by atoms with van der Waals surface area (Å²) in [6.07, 6.45) is -2.94. The van der Waals surface area contributed by atoms with E-state index in [0.29, 0.717) is 17.0 Å². The first-order valence-electron chi connectivity index (χ1n) is 9.52. The number of rotatable bonds is 5. The maximum absolute atomic E-state index is 10.5. The molecule has 1 aliphatic carbocycles. The average Bonchev–Trinajstić information content (AvgIpc) is 2.71. The minimum Gasteiger partial charge on any atom is -0.393 e. The Labute approximate surface area is 169 Å². The molecule has 0 radical (unpaired) electrons. The second-order valence-corrected chi connectivity index (χ2v) is 8.10. The quantitative estimate of drug-likeness (QED) is 0.521. The summed E-state index contributed by atoms with van der Waals surface area (Å²) in [4.78, 5) is 0. The lowest BCUT2D eigenvalue weighted by Crippen LogP contribution is -2.61. The maximum Gasteiger partial charge on any atom is 0.117 e. The Balaban J connectivity index is 1.89. The standard InChI is InChI=1S/C22H27ClO5/c1-2-13-3-5-14(6-4-13)9-16-10-15(7-8-18(16)23)17-11-22(28,12-24)21(27)20(26)19(17)25/h3-8,10,17,19-21,24-28H,2,9,11-12H2,1H3. The van der Waals surface area contributed by atoms with Crippen LogP contribution < -0.4 is 0 Å². The molecular weight excluding hydrogens is 380 g/mol. The van der Waals surface area contributed by atoms with Crippen molar-refractivity contribution in [3.8, 4) is 0 Å². The highest BCUT2D eigenvalue weighted by molar-refractivity contribution is 6.31. The van der Waals surface area contributed by atoms with Crippen LogP contribution in [0.4, 0.5) is 0 Å². The molecule has 0 amide bonds. The molecular formula is C22H27ClO5. The van der Waals surface area contributed by atoms with E-state index < -0.39 is 36.4 Å². The van der Waals surface area contributed by atoms with Gasteiger partial charge in [0.15, 0.2) is 0 Å². The van der Waals surface area contributed by atoms with Gasteiger partial charge < -0.3 is 25.5 Å². The van der Waals surface area contributed by atoms with Crippen LogP contribution in [0.2, 0.25) is 5.02 Å². The molecule has 5 N–H and O–H groups in total. The predicted octanol–water partition coefficient (Wildman–Crippen LogP) is 1.79. The van der Waals surface area contributed by atoms with Crippen LogP contribution in [0.3, 0.4) is 0 Å². The second kappa shape index (κ2) is 8.49. The Hall–Kier alpha value is -1.47. The highest BCUT2D eigenvalue weighted by Gasteiger charge is 2.51. The number of hydrogen-bond donors (Lipinski definition) is 5. The van der Waals surface area contributed by atoms with Crippen molar-refractivity contribution < 1.29 is 25.5 Å². The molecule has 0 aromatic heterocycles. The normalized spacial score (nSPS) is 30.4. The molecule has 5 atom stereocenters. The third-order valence-electron chi connectivity index (χ3n) is 5.81. The van der Waals surface area contributed by atoms with Crippen LogP contribution in [0, 0.1) is 0 Å². The Morgan fingerprint density at radius 1 is 1.00 bits per heavy atom. The van der Waals surface area contributed by atoms with Crippen molar-refractivity contribution in [2.45, 2.75) is 56.0 Å². The van der Waals surface area contributed by atoms with Crippen molar-refractivity contribution in [3.05, 3.63) is 69.7 Å². The SMILES string of the molecule is CCc1ccc(Cc2cc(C3CC(O)(CO)C(O)C(O)C3O)ccc2Cl)cc1. The van der Waals surface area contributed by atoms with Crippen molar-refractivity contribution in [1.29, 1.82) is 0 Å². The minimum absolute atomic E-state index is 0.0742. The van der Waals surface area contributed by atoms with Gasteiger partial charge in [0, 0.05) is 10.9 Å². The lowest BCUT2D eigenvalue weighted by molar-refractivity contribution is -0.204. The number of aliphatic hydroxyl groups excluding tert-OH is 4. The maximum atomic E-state index is 10.5. The molecule has 152 valence electrons. The van der Waals surface area contributed by atoms with Gasteiger partial charge in [-0.2, -0.15) is 0 Å². The fourth-order valence-electron chi connectivity index (χ4n) is 3.91. The van der Waals surface area contributed by atoms with E-state index in [1.165, 1.54) is 5.56 Å². The van der Waals surface area contributed by atoms with E-state index in [1.54, 1.807) is 12.1 Å². The van der Waals surface area contributed by atoms with Crippen molar-refractivity contribution in [2.24, 2.45) is 0 Å². The summed E-state index contributed by atoms with van der Waals surface area (Å²) in [6, 6.07) is 13.6. The second-order valence-electron chi connectivity index (χ2n) is 7.70. The predicted molar refractivity (Wildman–Crippen MR) is 107 cm³/mol. The summed E-state index contributed by atoms with van der Waals surface area (Å²) < 4.78 is 0. The van der Waals surface area contributed by atoms with Gasteiger partial charge in [0.05, 0.1) is 12.7 Å². The zero-order valence-corrected chi connectivity index (χ0v) is 16.5. The molecule has 2 aromatic carbocycles. The van der Waals surface area contributed by atoms with Crippen molar-refractivity contribution in [3.63, 3.8) is 0 Å². The molecule has 2 aromatic rings. The summed E-state index contributed by atoms with van der Waals surface area (Å²) in [7, 11) is 0. The number of aryl methyl sites for hydroxylation is 1. The molecule has 5 nitrogen and oxygen atoms in total. The van der Waals surface area contributed by atoms with Crippen LogP contribution in [0.25, 0.3) is 0 Å². The fourth-order valence-corrected chi connectivity index (χ4v) is 4.10. The van der Waals surface area contributed by atoms with Crippen LogP contribution >= 0.6 is 11.6 Å². The van der Waals surface area contributed by atoms with Gasteiger partial charge in [-0.1, -0.05) is 54.9 Å². The van der Waals surface area contributed by atoms with Crippen LogP contribution in [-0.4, -0.2) is 56.1 Å². The third kappa shape index (κ3) is 4.10. The third-order valence-corrected chi connectivity index (χ3v) is 6.18. The molecule has 28 heavy (non-hydrogen) atoms. The lowest BCUT2D eigenvalue weighted by Gasteiger charge is -2.45. The van der Waals surface area contributed by atoms with Crippen LogP contribution in [0.15, 0.2) is 42.5 Å². The Morgan fingerprint density at radius 3 is 2.25 bits per heavy atom. The van der Waals surface area contributed by atoms with Gasteiger partial charge in [-0.3, -0.25) is 0 Å². The zero-order chi connectivity index (χ0) is 20.5. The molecule has 6 heteroatoms. The van der Waals surface area contributed by atoms with Gasteiger partial charge in [0.2, 0.25) is 0 Å². The molecule has 0 aliphatic heterocycles. The highest BCUT2D eigenvalue weighted by Crippen LogP contribution is 2.40. The van der Waals surface area contributed by atoms with E-state index in [9.17, 15) is 25.5 Å². The van der Waals surface area contributed by atoms with Gasteiger partial charge in [0.25, 0.3) is 0 Å². The monoisotopic (exact) mass is 406 g/mol. The minimum atomic E-state index is -1.88. The van der Waals surface area contributed by atoms with Crippen molar-refractivity contribution in [1.82, 2.24) is 0 Å². The van der Waals surface area contributed by atoms with Crippen LogP contribution in [-0.2, 0) is 12.8 Å². The first-order valence-corrected chi connectivity index (χ1v) is 9.90. The average molecular weight is 407 g/mol. The number of benzene rings is 2. The van der Waals surface area contributed by atoms with Crippen LogP contribution in [0.5, 0.6) is 0 Å². The van der Waals surface area contributed by atoms with Crippen molar-refractivity contribution >= 4 is 11.6 Å². The van der Waals surface area contributed by atoms with E-state index in [0.717, 1.165) is 17.5 Å². The highest BCUT2D eigenvalue weighted by atomic mass is 35.5. The van der Waals surface area contributed by atoms with E-state index in [2.05, 4.69) is 31.2 Å².